The SMILES string of the molecule is CN(C)Cc1cc(Cl)ccc1OCCNCc1ccccc1.Cl.Cl. The van der Waals surface area contributed by atoms with E-state index in [9.17, 15) is 0 Å². The van der Waals surface area contributed by atoms with Crippen LogP contribution in [0.15, 0.2) is 48.5 Å². The maximum Gasteiger partial charge on any atom is 0.123 e. The Labute approximate surface area is 162 Å². The van der Waals surface area contributed by atoms with Crippen molar-refractivity contribution in [2.45, 2.75) is 13.1 Å². The average molecular weight is 392 g/mol. The van der Waals surface area contributed by atoms with Crippen molar-refractivity contribution in [2.24, 2.45) is 0 Å². The number of hydrogen-bond acceptors (Lipinski definition) is 3. The molecule has 1 N–H and O–H groups in total. The van der Waals surface area contributed by atoms with E-state index in [1.54, 1.807) is 0 Å². The number of ether oxygens (including phenoxy) is 1. The summed E-state index contributed by atoms with van der Waals surface area (Å²) in [4.78, 5) is 2.10. The lowest BCUT2D eigenvalue weighted by molar-refractivity contribution is 0.303. The quantitative estimate of drug-likeness (QED) is 0.674. The molecule has 0 aliphatic heterocycles. The first-order valence-corrected chi connectivity index (χ1v) is 7.83. The normalized spacial score (nSPS) is 10.0. The van der Waals surface area contributed by atoms with Crippen molar-refractivity contribution < 1.29 is 4.74 Å². The third-order valence-electron chi connectivity index (χ3n) is 3.22. The molecule has 0 spiro atoms. The van der Waals surface area contributed by atoms with Gasteiger partial charge in [0.15, 0.2) is 0 Å². The Morgan fingerprint density at radius 1 is 1.04 bits per heavy atom. The summed E-state index contributed by atoms with van der Waals surface area (Å²) in [5, 5.41) is 4.12. The van der Waals surface area contributed by atoms with Crippen LogP contribution in [0, 0.1) is 0 Å². The second-order valence-electron chi connectivity index (χ2n) is 5.50. The number of rotatable bonds is 8. The third kappa shape index (κ3) is 8.22. The molecule has 2 aromatic rings. The van der Waals surface area contributed by atoms with Crippen LogP contribution in [0.25, 0.3) is 0 Å². The Balaban J connectivity index is 0.00000264. The highest BCUT2D eigenvalue weighted by atomic mass is 35.5. The van der Waals surface area contributed by atoms with Gasteiger partial charge in [-0.15, -0.1) is 24.8 Å². The lowest BCUT2D eigenvalue weighted by atomic mass is 10.2. The van der Waals surface area contributed by atoms with Gasteiger partial charge >= 0.3 is 0 Å². The van der Waals surface area contributed by atoms with Gasteiger partial charge in [0.05, 0.1) is 0 Å². The molecule has 0 aliphatic carbocycles. The fourth-order valence-electron chi connectivity index (χ4n) is 2.21. The van der Waals surface area contributed by atoms with E-state index >= 15 is 0 Å². The minimum Gasteiger partial charge on any atom is -0.492 e. The monoisotopic (exact) mass is 390 g/mol. The molecule has 6 heteroatoms. The summed E-state index contributed by atoms with van der Waals surface area (Å²) < 4.78 is 5.88. The summed E-state index contributed by atoms with van der Waals surface area (Å²) in [6.07, 6.45) is 0. The van der Waals surface area contributed by atoms with Crippen LogP contribution in [0.2, 0.25) is 5.02 Å². The zero-order chi connectivity index (χ0) is 15.8. The molecule has 2 rings (SSSR count). The number of nitrogens with zero attached hydrogens (tertiary/aromatic N) is 1. The maximum absolute atomic E-state index is 6.07. The predicted molar refractivity (Wildman–Crippen MR) is 107 cm³/mol. The van der Waals surface area contributed by atoms with Crippen molar-refractivity contribution in [3.05, 3.63) is 64.7 Å². The summed E-state index contributed by atoms with van der Waals surface area (Å²) >= 11 is 6.07. The second-order valence-corrected chi connectivity index (χ2v) is 5.94. The van der Waals surface area contributed by atoms with Crippen LogP contribution in [0.3, 0.4) is 0 Å². The Morgan fingerprint density at radius 2 is 1.75 bits per heavy atom. The Kier molecular flexibility index (Phi) is 11.9. The van der Waals surface area contributed by atoms with Crippen molar-refractivity contribution in [1.82, 2.24) is 10.2 Å². The summed E-state index contributed by atoms with van der Waals surface area (Å²) in [6.45, 7) is 3.11. The first kappa shape index (κ1) is 23.0. The van der Waals surface area contributed by atoms with Crippen LogP contribution < -0.4 is 10.1 Å². The first-order chi connectivity index (χ1) is 10.6. The Hall–Kier alpha value is -0.970. The van der Waals surface area contributed by atoms with Crippen molar-refractivity contribution in [3.63, 3.8) is 0 Å². The number of benzene rings is 2. The van der Waals surface area contributed by atoms with Crippen molar-refractivity contribution in [3.8, 4) is 5.75 Å². The predicted octanol–water partition coefficient (Wildman–Crippen LogP) is 4.41. The molecular formula is C18H25Cl3N2O. The van der Waals surface area contributed by atoms with Gasteiger partial charge in [0.2, 0.25) is 0 Å². The van der Waals surface area contributed by atoms with Crippen LogP contribution in [0.5, 0.6) is 5.75 Å². The Bertz CT molecular complexity index is 580. The number of nitrogens with one attached hydrogen (secondary N) is 1. The minimum absolute atomic E-state index is 0. The third-order valence-corrected chi connectivity index (χ3v) is 3.45. The van der Waals surface area contributed by atoms with Gasteiger partial charge in [-0.1, -0.05) is 41.9 Å². The van der Waals surface area contributed by atoms with Crippen molar-refractivity contribution in [1.29, 1.82) is 0 Å². The standard InChI is InChI=1S/C18H23ClN2O.2ClH/c1-21(2)14-16-12-17(19)8-9-18(16)22-11-10-20-13-15-6-4-3-5-7-15;;/h3-9,12,20H,10-11,13-14H2,1-2H3;2*1H. The van der Waals surface area contributed by atoms with E-state index in [2.05, 4.69) is 34.5 Å². The molecule has 0 aromatic heterocycles. The van der Waals surface area contributed by atoms with Crippen LogP contribution in [0.1, 0.15) is 11.1 Å². The molecule has 0 heterocycles. The molecule has 0 saturated carbocycles. The highest BCUT2D eigenvalue weighted by Gasteiger charge is 2.06. The summed E-state index contributed by atoms with van der Waals surface area (Å²) in [6, 6.07) is 16.1. The van der Waals surface area contributed by atoms with Gasteiger partial charge in [-0.3, -0.25) is 0 Å². The summed E-state index contributed by atoms with van der Waals surface area (Å²) in [5.74, 6) is 0.902. The van der Waals surface area contributed by atoms with E-state index in [1.165, 1.54) is 5.56 Å². The maximum atomic E-state index is 6.07. The van der Waals surface area contributed by atoms with E-state index in [-0.39, 0.29) is 24.8 Å². The number of hydrogen-bond donors (Lipinski definition) is 1. The smallest absolute Gasteiger partial charge is 0.123 e. The molecule has 0 radical (unpaired) electrons. The van der Waals surface area contributed by atoms with Gasteiger partial charge in [-0.2, -0.15) is 0 Å². The Morgan fingerprint density at radius 3 is 2.42 bits per heavy atom. The molecule has 3 nitrogen and oxygen atoms in total. The van der Waals surface area contributed by atoms with Crippen LogP contribution in [-0.4, -0.2) is 32.1 Å². The van der Waals surface area contributed by atoms with E-state index < -0.39 is 0 Å². The lowest BCUT2D eigenvalue weighted by Gasteiger charge is -2.15. The van der Waals surface area contributed by atoms with Gasteiger partial charge in [-0.05, 0) is 37.9 Å². The van der Waals surface area contributed by atoms with Crippen molar-refractivity contribution in [2.75, 3.05) is 27.2 Å². The van der Waals surface area contributed by atoms with E-state index in [4.69, 9.17) is 16.3 Å². The molecule has 0 unspecified atom stereocenters. The first-order valence-electron chi connectivity index (χ1n) is 7.46. The van der Waals surface area contributed by atoms with E-state index in [1.807, 2.05) is 38.4 Å². The van der Waals surface area contributed by atoms with E-state index in [0.29, 0.717) is 6.61 Å². The van der Waals surface area contributed by atoms with Gasteiger partial charge < -0.3 is 15.0 Å². The molecule has 0 amide bonds. The van der Waals surface area contributed by atoms with Gasteiger partial charge in [0, 0.05) is 30.2 Å². The highest BCUT2D eigenvalue weighted by Crippen LogP contribution is 2.23. The fraction of sp³-hybridized carbons (Fsp3) is 0.333. The van der Waals surface area contributed by atoms with Gasteiger partial charge in [-0.25, -0.2) is 0 Å². The fourth-order valence-corrected chi connectivity index (χ4v) is 2.41. The van der Waals surface area contributed by atoms with Gasteiger partial charge in [0.1, 0.15) is 12.4 Å². The van der Waals surface area contributed by atoms with Crippen molar-refractivity contribution >= 4 is 36.4 Å². The second kappa shape index (κ2) is 12.4. The average Bonchev–Trinajstić information content (AvgIpc) is 2.49. The lowest BCUT2D eigenvalue weighted by Crippen LogP contribution is -2.21. The molecule has 134 valence electrons. The largest absolute Gasteiger partial charge is 0.492 e. The molecule has 0 aliphatic rings. The molecule has 0 atom stereocenters. The zero-order valence-electron chi connectivity index (χ0n) is 14.0. The summed E-state index contributed by atoms with van der Waals surface area (Å²) in [7, 11) is 4.07. The van der Waals surface area contributed by atoms with Crippen LogP contribution in [0.4, 0.5) is 0 Å². The van der Waals surface area contributed by atoms with E-state index in [0.717, 1.165) is 36.0 Å². The van der Waals surface area contributed by atoms with Gasteiger partial charge in [0.25, 0.3) is 0 Å². The number of halogens is 3. The molecule has 24 heavy (non-hydrogen) atoms. The highest BCUT2D eigenvalue weighted by molar-refractivity contribution is 6.30. The van der Waals surface area contributed by atoms with Crippen LogP contribution >= 0.6 is 36.4 Å². The molecule has 0 fully saturated rings. The topological polar surface area (TPSA) is 24.5 Å². The van der Waals surface area contributed by atoms with Crippen LogP contribution in [-0.2, 0) is 13.1 Å². The zero-order valence-corrected chi connectivity index (χ0v) is 16.4. The summed E-state index contributed by atoms with van der Waals surface area (Å²) in [5.41, 5.74) is 2.39. The molecule has 2 aromatic carbocycles. The molecular weight excluding hydrogens is 367 g/mol. The minimum atomic E-state index is 0. The molecule has 0 bridgehead atoms. The molecule has 0 saturated heterocycles.